The van der Waals surface area contributed by atoms with E-state index in [1.807, 2.05) is 6.07 Å². The Morgan fingerprint density at radius 1 is 1.43 bits per heavy atom. The highest BCUT2D eigenvalue weighted by molar-refractivity contribution is 9.10. The van der Waals surface area contributed by atoms with Crippen molar-refractivity contribution in [3.63, 3.8) is 0 Å². The third-order valence-corrected chi connectivity index (χ3v) is 5.64. The zero-order valence-corrected chi connectivity index (χ0v) is 17.3. The molecule has 0 fully saturated rings. The lowest BCUT2D eigenvalue weighted by Gasteiger charge is -2.37. The highest BCUT2D eigenvalue weighted by atomic mass is 79.9. The number of halogens is 1. The lowest BCUT2D eigenvalue weighted by Crippen LogP contribution is -2.36. The molecule has 0 aromatic heterocycles. The molecule has 0 amide bonds. The minimum absolute atomic E-state index is 0.0427. The normalized spacial score (nSPS) is 19.1. The van der Waals surface area contributed by atoms with E-state index in [9.17, 15) is 10.1 Å². The van der Waals surface area contributed by atoms with Gasteiger partial charge in [0.25, 0.3) is 0 Å². The van der Waals surface area contributed by atoms with Crippen molar-refractivity contribution in [2.75, 3.05) is 20.8 Å². The largest absolute Gasteiger partial charge is 0.493 e. The van der Waals surface area contributed by atoms with Gasteiger partial charge in [-0.05, 0) is 46.5 Å². The number of carbonyl (C=O) groups excluding carboxylic acids is 1. The average molecular weight is 442 g/mol. The Hall–Kier alpha value is -2.90. The number of terminal acetylenes is 1. The number of hydrogen-bond donors (Lipinski definition) is 1. The number of rotatable bonds is 4. The van der Waals surface area contributed by atoms with E-state index in [1.165, 1.54) is 7.11 Å². The fraction of sp³-hybridized carbons (Fsp3) is 0.333. The molecule has 7 heteroatoms. The molecule has 0 bridgehead atoms. The van der Waals surface area contributed by atoms with Crippen molar-refractivity contribution in [2.24, 2.45) is 5.73 Å². The second-order valence-electron chi connectivity index (χ2n) is 6.57. The highest BCUT2D eigenvalue weighted by Gasteiger charge is 2.39. The van der Waals surface area contributed by atoms with E-state index < -0.39 is 5.92 Å². The first-order valence-electron chi connectivity index (χ1n) is 8.78. The first-order chi connectivity index (χ1) is 13.4. The van der Waals surface area contributed by atoms with Crippen LogP contribution in [0.1, 0.15) is 30.7 Å². The second kappa shape index (κ2) is 8.00. The molecule has 0 saturated carbocycles. The van der Waals surface area contributed by atoms with Gasteiger partial charge in [0.2, 0.25) is 0 Å². The van der Waals surface area contributed by atoms with E-state index in [2.05, 4.69) is 27.9 Å². The maximum Gasteiger partial charge on any atom is 0.176 e. The van der Waals surface area contributed by atoms with Crippen molar-refractivity contribution in [1.29, 1.82) is 5.26 Å². The number of hydrogen-bond acceptors (Lipinski definition) is 6. The minimum Gasteiger partial charge on any atom is -0.493 e. The van der Waals surface area contributed by atoms with Crippen LogP contribution in [0.15, 0.2) is 39.3 Å². The predicted molar refractivity (Wildman–Crippen MR) is 108 cm³/mol. The van der Waals surface area contributed by atoms with Crippen LogP contribution in [0.2, 0.25) is 0 Å². The Morgan fingerprint density at radius 2 is 2.18 bits per heavy atom. The van der Waals surface area contributed by atoms with E-state index >= 15 is 0 Å². The number of methoxy groups -OCH3 is 1. The van der Waals surface area contributed by atoms with Gasteiger partial charge < -0.3 is 20.1 Å². The van der Waals surface area contributed by atoms with Crippen LogP contribution in [0.3, 0.4) is 0 Å². The number of benzene rings is 1. The number of ketones is 1. The summed E-state index contributed by atoms with van der Waals surface area (Å²) in [4.78, 5) is 14.6. The molecule has 0 spiro atoms. The summed E-state index contributed by atoms with van der Waals surface area (Å²) in [5.41, 5.74) is 8.85. The summed E-state index contributed by atoms with van der Waals surface area (Å²) in [5, 5.41) is 9.82. The quantitative estimate of drug-likeness (QED) is 0.721. The van der Waals surface area contributed by atoms with Crippen LogP contribution in [0, 0.1) is 23.7 Å². The summed E-state index contributed by atoms with van der Waals surface area (Å²) in [5.74, 6) is 3.21. The summed E-state index contributed by atoms with van der Waals surface area (Å²) >= 11 is 3.49. The van der Waals surface area contributed by atoms with Crippen LogP contribution < -0.4 is 15.2 Å². The third kappa shape index (κ3) is 3.23. The van der Waals surface area contributed by atoms with Crippen molar-refractivity contribution in [2.45, 2.75) is 25.2 Å². The number of carbonyl (C=O) groups is 1. The molecule has 1 atom stereocenters. The van der Waals surface area contributed by atoms with Crippen molar-refractivity contribution >= 4 is 21.7 Å². The molecule has 1 aliphatic heterocycles. The molecule has 1 aromatic rings. The van der Waals surface area contributed by atoms with E-state index in [-0.39, 0.29) is 12.4 Å². The molecular formula is C21H20BrN3O3. The summed E-state index contributed by atoms with van der Waals surface area (Å²) in [7, 11) is 3.32. The lowest BCUT2D eigenvalue weighted by molar-refractivity contribution is -0.116. The van der Waals surface area contributed by atoms with E-state index in [4.69, 9.17) is 21.6 Å². The lowest BCUT2D eigenvalue weighted by atomic mass is 9.76. The number of nitrogens with zero attached hydrogens (tertiary/aromatic N) is 2. The number of nitrogens with two attached hydrogens (primary N) is 1. The first-order valence-corrected chi connectivity index (χ1v) is 9.57. The first kappa shape index (κ1) is 19.9. The molecule has 1 heterocycles. The monoisotopic (exact) mass is 441 g/mol. The third-order valence-electron chi connectivity index (χ3n) is 5.05. The zero-order chi connectivity index (χ0) is 20.4. The molecule has 0 radical (unpaired) electrons. The topological polar surface area (TPSA) is 88.6 Å². The highest BCUT2D eigenvalue weighted by Crippen LogP contribution is 2.47. The van der Waals surface area contributed by atoms with Crippen LogP contribution in [-0.4, -0.2) is 31.4 Å². The van der Waals surface area contributed by atoms with Gasteiger partial charge in [0.15, 0.2) is 17.3 Å². The van der Waals surface area contributed by atoms with Gasteiger partial charge in [-0.3, -0.25) is 4.79 Å². The Kier molecular flexibility index (Phi) is 5.67. The summed E-state index contributed by atoms with van der Waals surface area (Å²) in [6.07, 6.45) is 7.26. The van der Waals surface area contributed by atoms with E-state index in [0.717, 1.165) is 24.1 Å². The molecule has 6 nitrogen and oxygen atoms in total. The molecular weight excluding hydrogens is 422 g/mol. The molecule has 1 aromatic carbocycles. The number of nitriles is 1. The van der Waals surface area contributed by atoms with Gasteiger partial charge in [-0.1, -0.05) is 5.92 Å². The molecule has 28 heavy (non-hydrogen) atoms. The molecule has 2 aliphatic rings. The van der Waals surface area contributed by atoms with E-state index in [0.29, 0.717) is 39.4 Å². The van der Waals surface area contributed by atoms with Crippen LogP contribution in [0.25, 0.3) is 0 Å². The van der Waals surface area contributed by atoms with Crippen LogP contribution in [0.5, 0.6) is 11.5 Å². The second-order valence-corrected chi connectivity index (χ2v) is 7.42. The van der Waals surface area contributed by atoms with Gasteiger partial charge >= 0.3 is 0 Å². The Bertz CT molecular complexity index is 982. The maximum absolute atomic E-state index is 12.8. The van der Waals surface area contributed by atoms with Crippen LogP contribution in [-0.2, 0) is 4.79 Å². The zero-order valence-electron chi connectivity index (χ0n) is 15.7. The average Bonchev–Trinajstić information content (AvgIpc) is 2.69. The fourth-order valence-electron chi connectivity index (χ4n) is 3.76. The SMILES string of the molecule is C#CCOc1c(Br)cc([C@@H]2C(C#N)=C(N)N(C)C3=C2C(=O)CCC3)cc1OC. The molecule has 3 rings (SSSR count). The summed E-state index contributed by atoms with van der Waals surface area (Å²) in [6.45, 7) is 0.0899. The Labute approximate surface area is 172 Å². The Balaban J connectivity index is 2.21. The number of Topliss-reactive ketones (excluding diaryl/α,β-unsaturated/α-hetero) is 1. The maximum atomic E-state index is 12.8. The standard InChI is InChI=1S/C21H20BrN3O3/c1-4-8-28-20-14(22)9-12(10-17(20)27-3)18-13(11-23)21(24)25(2)15-6-5-7-16(26)19(15)18/h1,9-10,18H,5-8,24H2,2-3H3/t18-/m1/s1. The van der Waals surface area contributed by atoms with Crippen LogP contribution >= 0.6 is 15.9 Å². The molecule has 144 valence electrons. The van der Waals surface area contributed by atoms with E-state index in [1.54, 1.807) is 18.0 Å². The van der Waals surface area contributed by atoms with Gasteiger partial charge in [-0.15, -0.1) is 6.42 Å². The summed E-state index contributed by atoms with van der Waals surface area (Å²) < 4.78 is 11.7. The fourth-order valence-corrected chi connectivity index (χ4v) is 4.33. The molecule has 2 N–H and O–H groups in total. The van der Waals surface area contributed by atoms with Gasteiger partial charge in [0, 0.05) is 24.7 Å². The van der Waals surface area contributed by atoms with Crippen molar-refractivity contribution in [1.82, 2.24) is 4.90 Å². The summed E-state index contributed by atoms with van der Waals surface area (Å²) in [6, 6.07) is 5.79. The van der Waals surface area contributed by atoms with Gasteiger partial charge in [-0.25, -0.2) is 0 Å². The predicted octanol–water partition coefficient (Wildman–Crippen LogP) is 3.20. The number of allylic oxidation sites excluding steroid dienone is 3. The Morgan fingerprint density at radius 3 is 2.82 bits per heavy atom. The van der Waals surface area contributed by atoms with Gasteiger partial charge in [0.1, 0.15) is 12.4 Å². The van der Waals surface area contributed by atoms with Crippen molar-refractivity contribution in [3.8, 4) is 29.9 Å². The van der Waals surface area contributed by atoms with Crippen LogP contribution in [0.4, 0.5) is 0 Å². The van der Waals surface area contributed by atoms with Gasteiger partial charge in [0.05, 0.1) is 29.1 Å². The molecule has 0 unspecified atom stereocenters. The minimum atomic E-state index is -0.545. The van der Waals surface area contributed by atoms with Crippen molar-refractivity contribution in [3.05, 3.63) is 44.8 Å². The molecule has 0 saturated heterocycles. The van der Waals surface area contributed by atoms with Crippen molar-refractivity contribution < 1.29 is 14.3 Å². The smallest absolute Gasteiger partial charge is 0.176 e. The molecule has 1 aliphatic carbocycles. The van der Waals surface area contributed by atoms with Gasteiger partial charge in [-0.2, -0.15) is 5.26 Å². The number of ether oxygens (including phenoxy) is 2.